The number of nitrogens with zero attached hydrogens (tertiary/aromatic N) is 4. The summed E-state index contributed by atoms with van der Waals surface area (Å²) in [4.78, 5) is 4.60. The largest absolute Gasteiger partial charge is 0.469 e. The molecule has 2 N–H and O–H groups in total. The molecule has 0 saturated heterocycles. The third kappa shape index (κ3) is 4.77. The van der Waals surface area contributed by atoms with Crippen molar-refractivity contribution in [2.75, 3.05) is 18.4 Å². The van der Waals surface area contributed by atoms with E-state index in [1.807, 2.05) is 68.1 Å². The molecule has 0 radical (unpaired) electrons. The molecule has 4 aromatic rings. The molecular formula is C27H26N6O. The maximum atomic E-state index is 9.00. The Morgan fingerprint density at radius 1 is 1.15 bits per heavy atom. The molecule has 1 aliphatic heterocycles. The fraction of sp³-hybridized carbons (Fsp3) is 0.222. The maximum absolute atomic E-state index is 9.00. The lowest BCUT2D eigenvalue weighted by atomic mass is 9.99. The van der Waals surface area contributed by atoms with Crippen molar-refractivity contribution in [1.29, 1.82) is 5.26 Å². The first-order chi connectivity index (χ1) is 16.7. The smallest absolute Gasteiger partial charge is 0.237 e. The van der Waals surface area contributed by atoms with Crippen LogP contribution in [0.4, 0.5) is 5.69 Å². The molecule has 0 unspecified atom stereocenters. The third-order valence-electron chi connectivity index (χ3n) is 6.04. The van der Waals surface area contributed by atoms with Gasteiger partial charge in [0, 0.05) is 30.6 Å². The summed E-state index contributed by atoms with van der Waals surface area (Å²) in [7, 11) is 1.90. The van der Waals surface area contributed by atoms with E-state index in [1.165, 1.54) is 11.1 Å². The molecule has 0 fully saturated rings. The number of hydrogen-bond acceptors (Lipinski definition) is 6. The second-order valence-electron chi connectivity index (χ2n) is 8.42. The van der Waals surface area contributed by atoms with Gasteiger partial charge in [-0.2, -0.15) is 10.4 Å². The zero-order valence-corrected chi connectivity index (χ0v) is 19.0. The van der Waals surface area contributed by atoms with Crippen LogP contribution in [-0.2, 0) is 13.5 Å². The van der Waals surface area contributed by atoms with Gasteiger partial charge in [-0.05, 0) is 42.3 Å². The van der Waals surface area contributed by atoms with Crippen molar-refractivity contribution in [1.82, 2.24) is 20.1 Å². The standard InChI is InChI=1S/C27H26N6O/c1-33-18-23(16-32-33)22-13-24-27(31-15-22)34-25(17-30-24)26(21-5-3-2-4-6-21)29-12-11-19-7-9-20(14-28)10-8-19/h2-10,13,15-16,18,25-26,29-30H,11-12,17H2,1H3/t25-,26+/m0/s1. The van der Waals surface area contributed by atoms with Crippen molar-refractivity contribution in [3.05, 3.63) is 95.9 Å². The minimum absolute atomic E-state index is 0.0000292. The van der Waals surface area contributed by atoms with Crippen molar-refractivity contribution in [3.8, 4) is 23.1 Å². The first kappa shape index (κ1) is 21.7. The van der Waals surface area contributed by atoms with Gasteiger partial charge in [-0.3, -0.25) is 4.68 Å². The summed E-state index contributed by atoms with van der Waals surface area (Å²) < 4.78 is 8.17. The molecule has 170 valence electrons. The van der Waals surface area contributed by atoms with Crippen LogP contribution in [0.15, 0.2) is 79.3 Å². The lowest BCUT2D eigenvalue weighted by Gasteiger charge is -2.33. The van der Waals surface area contributed by atoms with Gasteiger partial charge >= 0.3 is 0 Å². The van der Waals surface area contributed by atoms with Gasteiger partial charge < -0.3 is 15.4 Å². The predicted octanol–water partition coefficient (Wildman–Crippen LogP) is 4.10. The van der Waals surface area contributed by atoms with E-state index in [0.717, 1.165) is 29.8 Å². The quantitative estimate of drug-likeness (QED) is 0.441. The average molecular weight is 451 g/mol. The second-order valence-corrected chi connectivity index (χ2v) is 8.42. The Morgan fingerprint density at radius 3 is 2.71 bits per heavy atom. The van der Waals surface area contributed by atoms with E-state index in [0.29, 0.717) is 18.0 Å². The molecule has 0 spiro atoms. The number of rotatable bonds is 7. The zero-order valence-electron chi connectivity index (χ0n) is 19.0. The molecule has 34 heavy (non-hydrogen) atoms. The Balaban J connectivity index is 1.30. The molecule has 0 amide bonds. The van der Waals surface area contributed by atoms with Crippen LogP contribution in [0.2, 0.25) is 0 Å². The SMILES string of the molecule is Cn1cc(-c2cnc3c(c2)NC[C@@H]([C@H](NCCc2ccc(C#N)cc2)c2ccccc2)O3)cn1. The minimum atomic E-state index is -0.118. The molecule has 1 aliphatic rings. The topological polar surface area (TPSA) is 87.8 Å². The summed E-state index contributed by atoms with van der Waals surface area (Å²) in [5.41, 5.74) is 5.95. The first-order valence-corrected chi connectivity index (χ1v) is 11.4. The summed E-state index contributed by atoms with van der Waals surface area (Å²) in [6.45, 7) is 1.44. The number of hydrogen-bond donors (Lipinski definition) is 2. The Labute approximate surface area is 199 Å². The molecule has 7 nitrogen and oxygen atoms in total. The number of anilines is 1. The Kier molecular flexibility index (Phi) is 6.23. The Hall–Kier alpha value is -4.15. The van der Waals surface area contributed by atoms with E-state index < -0.39 is 0 Å². The monoisotopic (exact) mass is 450 g/mol. The van der Waals surface area contributed by atoms with Crippen LogP contribution in [0.5, 0.6) is 5.88 Å². The zero-order chi connectivity index (χ0) is 23.3. The number of benzene rings is 2. The summed E-state index contributed by atoms with van der Waals surface area (Å²) in [5, 5.41) is 20.4. The molecule has 0 saturated carbocycles. The second kappa shape index (κ2) is 9.77. The van der Waals surface area contributed by atoms with E-state index in [4.69, 9.17) is 10.00 Å². The Morgan fingerprint density at radius 2 is 1.97 bits per heavy atom. The molecule has 7 heteroatoms. The average Bonchev–Trinajstić information content (AvgIpc) is 3.33. The molecular weight excluding hydrogens is 424 g/mol. The van der Waals surface area contributed by atoms with Crippen LogP contribution in [0, 0.1) is 11.3 Å². The molecule has 2 aromatic heterocycles. The van der Waals surface area contributed by atoms with Crippen molar-refractivity contribution < 1.29 is 4.74 Å². The number of pyridine rings is 1. The number of aryl methyl sites for hydroxylation is 1. The molecule has 0 aliphatic carbocycles. The van der Waals surface area contributed by atoms with Crippen LogP contribution in [0.1, 0.15) is 22.7 Å². The van der Waals surface area contributed by atoms with Gasteiger partial charge in [-0.1, -0.05) is 42.5 Å². The van der Waals surface area contributed by atoms with Crippen LogP contribution in [-0.4, -0.2) is 34.0 Å². The fourth-order valence-electron chi connectivity index (χ4n) is 4.22. The van der Waals surface area contributed by atoms with Gasteiger partial charge in [0.1, 0.15) is 6.10 Å². The summed E-state index contributed by atoms with van der Waals surface area (Å²) >= 11 is 0. The van der Waals surface area contributed by atoms with E-state index in [-0.39, 0.29) is 12.1 Å². The van der Waals surface area contributed by atoms with E-state index in [9.17, 15) is 0 Å². The molecule has 0 bridgehead atoms. The number of nitrogens with one attached hydrogen (secondary N) is 2. The summed E-state index contributed by atoms with van der Waals surface area (Å²) in [5.74, 6) is 0.610. The van der Waals surface area contributed by atoms with Crippen LogP contribution >= 0.6 is 0 Å². The van der Waals surface area contributed by atoms with Crippen LogP contribution in [0.3, 0.4) is 0 Å². The summed E-state index contributed by atoms with van der Waals surface area (Å²) in [6.07, 6.45) is 6.37. The van der Waals surface area contributed by atoms with Gasteiger partial charge in [-0.25, -0.2) is 4.98 Å². The highest BCUT2D eigenvalue weighted by molar-refractivity contribution is 5.69. The number of nitriles is 1. The normalized spacial score (nSPS) is 15.5. The van der Waals surface area contributed by atoms with Crippen molar-refractivity contribution in [3.63, 3.8) is 0 Å². The minimum Gasteiger partial charge on any atom is -0.469 e. The van der Waals surface area contributed by atoms with Gasteiger partial charge in [-0.15, -0.1) is 0 Å². The van der Waals surface area contributed by atoms with E-state index in [2.05, 4.69) is 45.0 Å². The number of fused-ring (bicyclic) bond motifs is 1. The first-order valence-electron chi connectivity index (χ1n) is 11.4. The van der Waals surface area contributed by atoms with Gasteiger partial charge in [0.15, 0.2) is 0 Å². The molecule has 3 heterocycles. The lowest BCUT2D eigenvalue weighted by molar-refractivity contribution is 0.150. The molecule has 2 atom stereocenters. The highest BCUT2D eigenvalue weighted by Gasteiger charge is 2.29. The maximum Gasteiger partial charge on any atom is 0.237 e. The predicted molar refractivity (Wildman–Crippen MR) is 131 cm³/mol. The number of aromatic nitrogens is 3. The van der Waals surface area contributed by atoms with E-state index in [1.54, 1.807) is 4.68 Å². The lowest BCUT2D eigenvalue weighted by Crippen LogP contribution is -2.43. The third-order valence-corrected chi connectivity index (χ3v) is 6.04. The van der Waals surface area contributed by atoms with Gasteiger partial charge in [0.25, 0.3) is 0 Å². The van der Waals surface area contributed by atoms with Crippen molar-refractivity contribution >= 4 is 5.69 Å². The fourth-order valence-corrected chi connectivity index (χ4v) is 4.22. The molecule has 2 aromatic carbocycles. The van der Waals surface area contributed by atoms with Crippen molar-refractivity contribution in [2.24, 2.45) is 7.05 Å². The number of ether oxygens (including phenoxy) is 1. The van der Waals surface area contributed by atoms with Crippen LogP contribution in [0.25, 0.3) is 11.1 Å². The van der Waals surface area contributed by atoms with Gasteiger partial charge in [0.05, 0.1) is 36.1 Å². The highest BCUT2D eigenvalue weighted by atomic mass is 16.5. The summed E-state index contributed by atoms with van der Waals surface area (Å²) in [6, 6.07) is 22.3. The van der Waals surface area contributed by atoms with Crippen molar-refractivity contribution in [2.45, 2.75) is 18.6 Å². The van der Waals surface area contributed by atoms with Gasteiger partial charge in [0.2, 0.25) is 5.88 Å². The van der Waals surface area contributed by atoms with Crippen LogP contribution < -0.4 is 15.4 Å². The Bertz CT molecular complexity index is 1290. The van der Waals surface area contributed by atoms with E-state index >= 15 is 0 Å². The molecule has 5 rings (SSSR count). The highest BCUT2D eigenvalue weighted by Crippen LogP contribution is 2.34.